The third-order valence-electron chi connectivity index (χ3n) is 4.03. The predicted octanol–water partition coefficient (Wildman–Crippen LogP) is 2.41. The molecule has 5 nitrogen and oxygen atoms in total. The second-order valence-electron chi connectivity index (χ2n) is 5.66. The van der Waals surface area contributed by atoms with E-state index in [0.717, 1.165) is 25.0 Å². The zero-order valence-corrected chi connectivity index (χ0v) is 13.0. The fraction of sp³-hybridized carbons (Fsp3) is 0.500. The van der Waals surface area contributed by atoms with Gasteiger partial charge >= 0.3 is 18.0 Å². The standard InChI is InChI=1S/C16H19F3N2O3/c17-16(18,19)12-6-1-2-7-13(12)20-14(23)15(24)21-9-4-3-5-11(21)8-10-22/h1-2,6-7,11,22H,3-5,8-10H2,(H,20,23). The minimum Gasteiger partial charge on any atom is -0.396 e. The lowest BCUT2D eigenvalue weighted by molar-refractivity contribution is -0.146. The van der Waals surface area contributed by atoms with Crippen molar-refractivity contribution in [3.63, 3.8) is 0 Å². The van der Waals surface area contributed by atoms with E-state index in [1.807, 2.05) is 0 Å². The predicted molar refractivity (Wildman–Crippen MR) is 81.1 cm³/mol. The first kappa shape index (κ1) is 18.3. The minimum absolute atomic E-state index is 0.118. The number of piperidine rings is 1. The van der Waals surface area contributed by atoms with Crippen LogP contribution in [0.15, 0.2) is 24.3 Å². The van der Waals surface area contributed by atoms with E-state index >= 15 is 0 Å². The molecule has 1 aliphatic rings. The number of aliphatic hydroxyl groups excluding tert-OH is 1. The highest BCUT2D eigenvalue weighted by atomic mass is 19.4. The summed E-state index contributed by atoms with van der Waals surface area (Å²) in [6.45, 7) is 0.241. The molecule has 0 radical (unpaired) electrons. The number of hydrogen-bond acceptors (Lipinski definition) is 3. The number of nitrogens with zero attached hydrogens (tertiary/aromatic N) is 1. The highest BCUT2D eigenvalue weighted by Crippen LogP contribution is 2.34. The first-order valence-electron chi connectivity index (χ1n) is 7.73. The van der Waals surface area contributed by atoms with E-state index < -0.39 is 29.2 Å². The number of rotatable bonds is 3. The van der Waals surface area contributed by atoms with Crippen LogP contribution in [0.25, 0.3) is 0 Å². The number of hydrogen-bond donors (Lipinski definition) is 2. The van der Waals surface area contributed by atoms with Crippen LogP contribution in [0.1, 0.15) is 31.2 Å². The van der Waals surface area contributed by atoms with Gasteiger partial charge in [0.15, 0.2) is 0 Å². The molecule has 8 heteroatoms. The van der Waals surface area contributed by atoms with Crippen LogP contribution in [0.5, 0.6) is 0 Å². The van der Waals surface area contributed by atoms with Crippen LogP contribution in [-0.2, 0) is 15.8 Å². The molecule has 0 bridgehead atoms. The van der Waals surface area contributed by atoms with E-state index in [4.69, 9.17) is 5.11 Å². The molecule has 1 aromatic rings. The van der Waals surface area contributed by atoms with E-state index in [1.165, 1.54) is 17.0 Å². The quantitative estimate of drug-likeness (QED) is 0.828. The summed E-state index contributed by atoms with van der Waals surface area (Å²) in [5.74, 6) is -1.97. The van der Waals surface area contributed by atoms with Gasteiger partial charge in [-0.05, 0) is 37.8 Å². The molecule has 2 rings (SSSR count). The molecule has 24 heavy (non-hydrogen) atoms. The van der Waals surface area contributed by atoms with Gasteiger partial charge in [0.05, 0.1) is 11.3 Å². The van der Waals surface area contributed by atoms with Crippen molar-refractivity contribution >= 4 is 17.5 Å². The smallest absolute Gasteiger partial charge is 0.396 e. The Morgan fingerprint density at radius 1 is 1.25 bits per heavy atom. The van der Waals surface area contributed by atoms with E-state index in [0.29, 0.717) is 19.4 Å². The van der Waals surface area contributed by atoms with Gasteiger partial charge in [-0.1, -0.05) is 12.1 Å². The van der Waals surface area contributed by atoms with Crippen LogP contribution >= 0.6 is 0 Å². The molecule has 1 fully saturated rings. The SMILES string of the molecule is O=C(Nc1ccccc1C(F)(F)F)C(=O)N1CCCCC1CCO. The van der Waals surface area contributed by atoms with Crippen molar-refractivity contribution in [3.05, 3.63) is 29.8 Å². The minimum atomic E-state index is -4.63. The van der Waals surface area contributed by atoms with Gasteiger partial charge in [0.2, 0.25) is 0 Å². The van der Waals surface area contributed by atoms with Crippen LogP contribution in [0.4, 0.5) is 18.9 Å². The molecular weight excluding hydrogens is 325 g/mol. The van der Waals surface area contributed by atoms with Crippen LogP contribution in [0, 0.1) is 0 Å². The van der Waals surface area contributed by atoms with Crippen molar-refractivity contribution in [1.29, 1.82) is 0 Å². The average molecular weight is 344 g/mol. The highest BCUT2D eigenvalue weighted by Gasteiger charge is 2.35. The van der Waals surface area contributed by atoms with Crippen molar-refractivity contribution in [3.8, 4) is 0 Å². The van der Waals surface area contributed by atoms with Crippen LogP contribution in [0.3, 0.4) is 0 Å². The summed E-state index contributed by atoms with van der Waals surface area (Å²) in [7, 11) is 0. The first-order chi connectivity index (χ1) is 11.3. The van der Waals surface area contributed by atoms with Crippen molar-refractivity contribution in [1.82, 2.24) is 4.90 Å². The Hall–Kier alpha value is -2.09. The normalized spacial score (nSPS) is 18.3. The van der Waals surface area contributed by atoms with Gasteiger partial charge < -0.3 is 15.3 Å². The van der Waals surface area contributed by atoms with Gasteiger partial charge in [-0.15, -0.1) is 0 Å². The lowest BCUT2D eigenvalue weighted by atomic mass is 9.99. The number of aliphatic hydroxyl groups is 1. The molecule has 0 spiro atoms. The summed E-state index contributed by atoms with van der Waals surface area (Å²) >= 11 is 0. The number of benzene rings is 1. The first-order valence-corrected chi connectivity index (χ1v) is 7.73. The molecule has 0 saturated carbocycles. The summed E-state index contributed by atoms with van der Waals surface area (Å²) in [6, 6.07) is 4.25. The summed E-state index contributed by atoms with van der Waals surface area (Å²) in [5, 5.41) is 11.1. The second-order valence-corrected chi connectivity index (χ2v) is 5.66. The van der Waals surface area contributed by atoms with Gasteiger partial charge in [-0.2, -0.15) is 13.2 Å². The summed E-state index contributed by atoms with van der Waals surface area (Å²) < 4.78 is 38.8. The van der Waals surface area contributed by atoms with E-state index in [-0.39, 0.29) is 12.6 Å². The molecule has 1 aliphatic heterocycles. The summed E-state index contributed by atoms with van der Waals surface area (Å²) in [6.07, 6.45) is -2.01. The molecule has 1 heterocycles. The average Bonchev–Trinajstić information content (AvgIpc) is 2.54. The van der Waals surface area contributed by atoms with Crippen molar-refractivity contribution in [2.45, 2.75) is 37.9 Å². The molecule has 0 aliphatic carbocycles. The zero-order chi connectivity index (χ0) is 17.7. The zero-order valence-electron chi connectivity index (χ0n) is 13.0. The molecule has 2 N–H and O–H groups in total. The number of carbonyl (C=O) groups excluding carboxylic acids is 2. The molecule has 1 atom stereocenters. The molecule has 1 saturated heterocycles. The van der Waals surface area contributed by atoms with E-state index in [2.05, 4.69) is 5.32 Å². The number of likely N-dealkylation sites (tertiary alicyclic amines) is 1. The Bertz CT molecular complexity index is 602. The number of anilines is 1. The number of carbonyl (C=O) groups is 2. The maximum atomic E-state index is 12.9. The number of para-hydroxylation sites is 1. The Labute approximate surface area is 137 Å². The maximum Gasteiger partial charge on any atom is 0.418 e. The van der Waals surface area contributed by atoms with Gasteiger partial charge in [-0.25, -0.2) is 0 Å². The maximum absolute atomic E-state index is 12.9. The topological polar surface area (TPSA) is 69.6 Å². The van der Waals surface area contributed by atoms with E-state index in [9.17, 15) is 22.8 Å². The number of amides is 2. The molecule has 0 aromatic heterocycles. The Morgan fingerprint density at radius 3 is 2.62 bits per heavy atom. The van der Waals surface area contributed by atoms with Gasteiger partial charge in [-0.3, -0.25) is 9.59 Å². The van der Waals surface area contributed by atoms with Crippen molar-refractivity contribution in [2.75, 3.05) is 18.5 Å². The number of halogens is 3. The number of nitrogens with one attached hydrogen (secondary N) is 1. The Balaban J connectivity index is 2.13. The Kier molecular flexibility index (Phi) is 5.82. The largest absolute Gasteiger partial charge is 0.418 e. The second kappa shape index (κ2) is 7.65. The van der Waals surface area contributed by atoms with Crippen LogP contribution in [0.2, 0.25) is 0 Å². The number of alkyl halides is 3. The fourth-order valence-corrected chi connectivity index (χ4v) is 2.86. The van der Waals surface area contributed by atoms with Crippen molar-refractivity contribution in [2.24, 2.45) is 0 Å². The highest BCUT2D eigenvalue weighted by molar-refractivity contribution is 6.39. The van der Waals surface area contributed by atoms with Crippen LogP contribution in [-0.4, -0.2) is 41.0 Å². The monoisotopic (exact) mass is 344 g/mol. The fourth-order valence-electron chi connectivity index (χ4n) is 2.86. The third-order valence-corrected chi connectivity index (χ3v) is 4.03. The molecule has 1 aromatic carbocycles. The summed E-state index contributed by atoms with van der Waals surface area (Å²) in [4.78, 5) is 25.7. The van der Waals surface area contributed by atoms with Gasteiger partial charge in [0, 0.05) is 19.2 Å². The van der Waals surface area contributed by atoms with Crippen LogP contribution < -0.4 is 5.32 Å². The molecule has 132 valence electrons. The summed E-state index contributed by atoms with van der Waals surface area (Å²) in [5.41, 5.74) is -1.45. The third kappa shape index (κ3) is 4.25. The van der Waals surface area contributed by atoms with Crippen molar-refractivity contribution < 1.29 is 27.9 Å². The molecule has 1 unspecified atom stereocenters. The lowest BCUT2D eigenvalue weighted by Gasteiger charge is -2.35. The van der Waals surface area contributed by atoms with Gasteiger partial charge in [0.25, 0.3) is 0 Å². The lowest BCUT2D eigenvalue weighted by Crippen LogP contribution is -2.48. The molecule has 2 amide bonds. The molecular formula is C16H19F3N2O3. The van der Waals surface area contributed by atoms with E-state index in [1.54, 1.807) is 0 Å². The Morgan fingerprint density at radius 2 is 1.96 bits per heavy atom. The van der Waals surface area contributed by atoms with Gasteiger partial charge in [0.1, 0.15) is 0 Å².